The van der Waals surface area contributed by atoms with Gasteiger partial charge < -0.3 is 15.0 Å². The van der Waals surface area contributed by atoms with Gasteiger partial charge in [-0.15, -0.1) is 0 Å². The molecule has 7 nitrogen and oxygen atoms in total. The number of benzene rings is 2. The molecule has 0 aliphatic carbocycles. The molecule has 7 heteroatoms. The highest BCUT2D eigenvalue weighted by Crippen LogP contribution is 2.22. The number of nitrogens with zero attached hydrogens (tertiary/aromatic N) is 4. The predicted molar refractivity (Wildman–Crippen MR) is 138 cm³/mol. The smallest absolute Gasteiger partial charge is 0.275 e. The minimum absolute atomic E-state index is 0.0862. The van der Waals surface area contributed by atoms with Crippen LogP contribution < -0.4 is 10.2 Å². The molecule has 1 aromatic heterocycles. The summed E-state index contributed by atoms with van der Waals surface area (Å²) in [7, 11) is 1.74. The number of aliphatic imine (C=N–C) groups is 1. The summed E-state index contributed by atoms with van der Waals surface area (Å²) in [5, 5.41) is 11.9. The summed E-state index contributed by atoms with van der Waals surface area (Å²) in [6.07, 6.45) is 3.01. The minimum Gasteiger partial charge on any atom is -0.380 e. The second kappa shape index (κ2) is 11.4. The van der Waals surface area contributed by atoms with E-state index in [4.69, 9.17) is 15.0 Å². The Morgan fingerprint density at radius 1 is 1.20 bits per heavy atom. The van der Waals surface area contributed by atoms with Crippen molar-refractivity contribution in [2.45, 2.75) is 25.4 Å². The van der Waals surface area contributed by atoms with Crippen molar-refractivity contribution in [3.8, 4) is 6.07 Å². The summed E-state index contributed by atoms with van der Waals surface area (Å²) in [6, 6.07) is 22.8. The van der Waals surface area contributed by atoms with E-state index in [0.29, 0.717) is 23.6 Å². The quantitative estimate of drug-likeness (QED) is 0.496. The van der Waals surface area contributed by atoms with Crippen molar-refractivity contribution in [3.63, 3.8) is 0 Å². The first-order chi connectivity index (χ1) is 17.1. The standard InChI is InChI=1S/C28H29N5O2/c1-20(22-10-8-21(16-29)9-11-22)17-31-27(23-6-4-3-5-7-23)28(34)32-26-13-12-24(18-30-26)33-15-14-25(19-33)35-2/h3-13,18,20,25H,14-15,17,19H2,1-2H3,(H,30,32,34)/b31-27+. The van der Waals surface area contributed by atoms with Crippen molar-refractivity contribution in [3.05, 3.63) is 89.6 Å². The molecule has 1 fully saturated rings. The number of carbonyl (C=O) groups excluding carboxylic acids is 1. The number of carbonyl (C=O) groups is 1. The first-order valence-corrected chi connectivity index (χ1v) is 11.7. The Labute approximate surface area is 206 Å². The molecule has 3 aromatic rings. The van der Waals surface area contributed by atoms with Crippen LogP contribution in [0.5, 0.6) is 0 Å². The number of hydrogen-bond acceptors (Lipinski definition) is 6. The molecule has 0 spiro atoms. The topological polar surface area (TPSA) is 90.6 Å². The van der Waals surface area contributed by atoms with E-state index < -0.39 is 0 Å². The van der Waals surface area contributed by atoms with Gasteiger partial charge in [-0.2, -0.15) is 5.26 Å². The Kier molecular flexibility index (Phi) is 7.86. The molecule has 2 aromatic carbocycles. The molecule has 1 N–H and O–H groups in total. The van der Waals surface area contributed by atoms with Gasteiger partial charge in [0.25, 0.3) is 5.91 Å². The summed E-state index contributed by atoms with van der Waals surface area (Å²) in [6.45, 7) is 4.25. The maximum absolute atomic E-state index is 13.2. The highest BCUT2D eigenvalue weighted by atomic mass is 16.5. The summed E-state index contributed by atoms with van der Waals surface area (Å²) < 4.78 is 5.44. The second-order valence-corrected chi connectivity index (χ2v) is 8.64. The zero-order valence-corrected chi connectivity index (χ0v) is 20.0. The van der Waals surface area contributed by atoms with Gasteiger partial charge in [0.1, 0.15) is 11.5 Å². The molecule has 1 saturated heterocycles. The van der Waals surface area contributed by atoms with Gasteiger partial charge in [0.05, 0.1) is 29.6 Å². The van der Waals surface area contributed by atoms with E-state index in [9.17, 15) is 4.79 Å². The number of aromatic nitrogens is 1. The molecule has 1 amide bonds. The molecule has 1 aliphatic rings. The second-order valence-electron chi connectivity index (χ2n) is 8.64. The van der Waals surface area contributed by atoms with Crippen LogP contribution in [0.4, 0.5) is 11.5 Å². The number of nitriles is 1. The molecule has 1 aliphatic heterocycles. The molecule has 0 radical (unpaired) electrons. The molecule has 178 valence electrons. The maximum atomic E-state index is 13.2. The SMILES string of the molecule is COC1CCN(c2ccc(NC(=O)/C(=N/CC(C)c3ccc(C#N)cc3)c3ccccc3)nc2)C1. The van der Waals surface area contributed by atoms with Gasteiger partial charge >= 0.3 is 0 Å². The van der Waals surface area contributed by atoms with E-state index in [1.54, 1.807) is 25.4 Å². The summed E-state index contributed by atoms with van der Waals surface area (Å²) in [5.74, 6) is 0.261. The normalized spacial score (nSPS) is 16.5. The van der Waals surface area contributed by atoms with Crippen LogP contribution in [0.25, 0.3) is 0 Å². The van der Waals surface area contributed by atoms with Crippen LogP contribution in [0, 0.1) is 11.3 Å². The van der Waals surface area contributed by atoms with E-state index in [0.717, 1.165) is 36.3 Å². The number of anilines is 2. The zero-order valence-electron chi connectivity index (χ0n) is 20.0. The monoisotopic (exact) mass is 467 g/mol. The van der Waals surface area contributed by atoms with Crippen LogP contribution >= 0.6 is 0 Å². The lowest BCUT2D eigenvalue weighted by Gasteiger charge is -2.18. The van der Waals surface area contributed by atoms with Gasteiger partial charge in [-0.3, -0.25) is 9.79 Å². The lowest BCUT2D eigenvalue weighted by atomic mass is 10.00. The Morgan fingerprint density at radius 3 is 2.60 bits per heavy atom. The van der Waals surface area contributed by atoms with Crippen molar-refractivity contribution in [1.82, 2.24) is 4.98 Å². The maximum Gasteiger partial charge on any atom is 0.275 e. The average molecular weight is 468 g/mol. The van der Waals surface area contributed by atoms with Crippen LogP contribution in [-0.4, -0.2) is 49.5 Å². The molecule has 0 bridgehead atoms. The molecule has 2 atom stereocenters. The number of rotatable bonds is 8. The fourth-order valence-electron chi connectivity index (χ4n) is 4.09. The van der Waals surface area contributed by atoms with E-state index in [2.05, 4.69) is 28.2 Å². The highest BCUT2D eigenvalue weighted by Gasteiger charge is 2.22. The zero-order chi connectivity index (χ0) is 24.6. The first-order valence-electron chi connectivity index (χ1n) is 11.7. The first kappa shape index (κ1) is 24.1. The van der Waals surface area contributed by atoms with E-state index in [1.165, 1.54) is 0 Å². The van der Waals surface area contributed by atoms with Crippen molar-refractivity contribution in [2.75, 3.05) is 37.0 Å². The molecule has 2 unspecified atom stereocenters. The number of ether oxygens (including phenoxy) is 1. The Bertz CT molecular complexity index is 1200. The lowest BCUT2D eigenvalue weighted by Crippen LogP contribution is -2.25. The Balaban J connectivity index is 1.47. The molecule has 2 heterocycles. The van der Waals surface area contributed by atoms with Gasteiger partial charge in [-0.1, -0.05) is 49.4 Å². The lowest BCUT2D eigenvalue weighted by molar-refractivity contribution is -0.110. The van der Waals surface area contributed by atoms with E-state index in [-0.39, 0.29) is 17.9 Å². The van der Waals surface area contributed by atoms with Gasteiger partial charge in [-0.05, 0) is 36.2 Å². The van der Waals surface area contributed by atoms with Crippen LogP contribution in [0.3, 0.4) is 0 Å². The number of amides is 1. The molecule has 4 rings (SSSR count). The largest absolute Gasteiger partial charge is 0.380 e. The molecular weight excluding hydrogens is 438 g/mol. The average Bonchev–Trinajstić information content (AvgIpc) is 3.39. The van der Waals surface area contributed by atoms with Crippen molar-refractivity contribution >= 4 is 23.1 Å². The molecule has 35 heavy (non-hydrogen) atoms. The van der Waals surface area contributed by atoms with Crippen LogP contribution in [-0.2, 0) is 9.53 Å². The summed E-state index contributed by atoms with van der Waals surface area (Å²) >= 11 is 0. The number of nitrogens with one attached hydrogen (secondary N) is 1. The third-order valence-corrected chi connectivity index (χ3v) is 6.23. The number of methoxy groups -OCH3 is 1. The summed E-state index contributed by atoms with van der Waals surface area (Å²) in [4.78, 5) is 24.6. The van der Waals surface area contributed by atoms with Crippen molar-refractivity contribution < 1.29 is 9.53 Å². The Morgan fingerprint density at radius 2 is 1.97 bits per heavy atom. The van der Waals surface area contributed by atoms with Gasteiger partial charge in [0.15, 0.2) is 0 Å². The number of hydrogen-bond donors (Lipinski definition) is 1. The van der Waals surface area contributed by atoms with Crippen LogP contribution in [0.1, 0.15) is 36.0 Å². The van der Waals surface area contributed by atoms with Gasteiger partial charge in [0.2, 0.25) is 0 Å². The molecular formula is C28H29N5O2. The van der Waals surface area contributed by atoms with E-state index in [1.807, 2.05) is 54.6 Å². The fourth-order valence-corrected chi connectivity index (χ4v) is 4.09. The fraction of sp³-hybridized carbons (Fsp3) is 0.286. The van der Waals surface area contributed by atoms with Gasteiger partial charge in [0, 0.05) is 38.2 Å². The number of pyridine rings is 1. The van der Waals surface area contributed by atoms with Crippen molar-refractivity contribution in [2.24, 2.45) is 4.99 Å². The third-order valence-electron chi connectivity index (χ3n) is 6.23. The Hall–Kier alpha value is -4.02. The van der Waals surface area contributed by atoms with Crippen LogP contribution in [0.2, 0.25) is 0 Å². The van der Waals surface area contributed by atoms with Crippen molar-refractivity contribution in [1.29, 1.82) is 5.26 Å². The minimum atomic E-state index is -0.302. The van der Waals surface area contributed by atoms with Crippen LogP contribution in [0.15, 0.2) is 77.9 Å². The van der Waals surface area contributed by atoms with Gasteiger partial charge in [-0.25, -0.2) is 4.98 Å². The third kappa shape index (κ3) is 6.11. The molecule has 0 saturated carbocycles. The predicted octanol–water partition coefficient (Wildman–Crippen LogP) is 4.41. The highest BCUT2D eigenvalue weighted by molar-refractivity contribution is 6.48. The summed E-state index contributed by atoms with van der Waals surface area (Å²) in [5.41, 5.74) is 3.80. The van der Waals surface area contributed by atoms with E-state index >= 15 is 0 Å².